The molecular weight excluding hydrogens is 905 g/mol. The molecule has 0 spiro atoms. The number of allylic oxidation sites excluding steroid dienone is 6. The zero-order valence-corrected chi connectivity index (χ0v) is 39.5. The monoisotopic (exact) mass is 965 g/mol. The number of carboxylic acids is 2. The maximum Gasteiger partial charge on any atom is 0.305 e. The molecular formula is C45H61N2O15S3+. The standard InChI is InChI=1S/C45H60N2O15S3/c1-44(26-14-6-12-21-43(52)58-3)35-31-33(64-62-60-54)22-24-37(35)46(28-15-7-11-20-42(50)51)39(44)17-8-4-9-18-40-45(2,27-13-5-10-19-41(48)49)36-32-34(65(55,56)57)23-25-38(36)47(40)29-16-30-63-61-59-53/h4,8-9,17-18,22-25,31-32H,5-7,10-16,19-21,26-30H2,1-3H3,(H4-,48,49,50,51,53,54,55,56,57)/p+1. The van der Waals surface area contributed by atoms with E-state index in [2.05, 4.69) is 36.9 Å². The highest BCUT2D eigenvalue weighted by Crippen LogP contribution is 2.52. The number of unbranched alkanes of at least 4 members (excludes halogenated alkanes) is 6. The second-order valence-electron chi connectivity index (χ2n) is 16.3. The molecule has 358 valence electrons. The number of carboxylic acid groups (broad SMARTS) is 2. The number of anilines is 1. The number of esters is 1. The van der Waals surface area contributed by atoms with E-state index < -0.39 is 32.9 Å². The fraction of sp³-hybridized carbons (Fsp3) is 0.511. The molecule has 20 heteroatoms. The Bertz CT molecular complexity index is 2180. The van der Waals surface area contributed by atoms with Gasteiger partial charge in [0.25, 0.3) is 10.1 Å². The fourth-order valence-electron chi connectivity index (χ4n) is 8.71. The van der Waals surface area contributed by atoms with Crippen LogP contribution in [0.25, 0.3) is 0 Å². The van der Waals surface area contributed by atoms with Gasteiger partial charge in [0.2, 0.25) is 5.69 Å². The summed E-state index contributed by atoms with van der Waals surface area (Å²) in [6.45, 7) is 5.30. The van der Waals surface area contributed by atoms with E-state index in [9.17, 15) is 37.6 Å². The van der Waals surface area contributed by atoms with E-state index in [0.717, 1.165) is 78.1 Å². The molecule has 2 aromatic rings. The minimum Gasteiger partial charge on any atom is -0.481 e. The highest BCUT2D eigenvalue weighted by atomic mass is 32.2. The molecule has 0 bridgehead atoms. The molecule has 0 radical (unpaired) electrons. The van der Waals surface area contributed by atoms with Gasteiger partial charge in [-0.05, 0) is 101 Å². The Labute approximate surface area is 389 Å². The van der Waals surface area contributed by atoms with E-state index in [1.54, 1.807) is 6.07 Å². The number of benzene rings is 2. The molecule has 2 aromatic carbocycles. The SMILES string of the molecule is COC(=O)CCCCCC1(C)C(/C=C/C=C/C=C2\N(CCCSOOO)c3ccc(S(=O)(=O)O)cc3C2(C)CCCCCC(=O)O)=[N+](CCCCCC(=O)O)c2ccc(SOOO)cc21. The van der Waals surface area contributed by atoms with Gasteiger partial charge in [-0.2, -0.15) is 13.0 Å². The topological polar surface area (TPSA) is 239 Å². The third kappa shape index (κ3) is 15.2. The van der Waals surface area contributed by atoms with Gasteiger partial charge >= 0.3 is 17.9 Å². The number of hydrogen-bond acceptors (Lipinski definition) is 15. The predicted octanol–water partition coefficient (Wildman–Crippen LogP) is 9.76. The normalized spacial score (nSPS) is 18.9. The van der Waals surface area contributed by atoms with Crippen LogP contribution in [0.1, 0.15) is 121 Å². The van der Waals surface area contributed by atoms with Crippen LogP contribution < -0.4 is 4.90 Å². The molecule has 65 heavy (non-hydrogen) atoms. The first-order valence-electron chi connectivity index (χ1n) is 21.6. The van der Waals surface area contributed by atoms with Gasteiger partial charge in [0.1, 0.15) is 6.54 Å². The van der Waals surface area contributed by atoms with E-state index in [0.29, 0.717) is 87.1 Å². The molecule has 2 aliphatic rings. The summed E-state index contributed by atoms with van der Waals surface area (Å²) in [5.74, 6) is -1.51. The van der Waals surface area contributed by atoms with E-state index >= 15 is 0 Å². The van der Waals surface area contributed by atoms with Crippen LogP contribution in [0.15, 0.2) is 82.3 Å². The maximum absolute atomic E-state index is 12.4. The zero-order chi connectivity index (χ0) is 47.5. The summed E-state index contributed by atoms with van der Waals surface area (Å²) in [5.41, 5.74) is 4.11. The molecule has 2 unspecified atom stereocenters. The van der Waals surface area contributed by atoms with Gasteiger partial charge in [0.05, 0.1) is 29.5 Å². The van der Waals surface area contributed by atoms with Gasteiger partial charge in [-0.25, -0.2) is 10.5 Å². The quantitative estimate of drug-likeness (QED) is 0.00690. The number of hydrogen-bond donors (Lipinski definition) is 5. The van der Waals surface area contributed by atoms with Gasteiger partial charge in [-0.3, -0.25) is 18.9 Å². The zero-order valence-electron chi connectivity index (χ0n) is 37.0. The Balaban J connectivity index is 1.76. The number of rotatable bonds is 31. The number of nitrogens with zero attached hydrogens (tertiary/aromatic N) is 2. The molecule has 2 atom stereocenters. The summed E-state index contributed by atoms with van der Waals surface area (Å²) in [5, 5.41) is 43.6. The number of methoxy groups -OCH3 is 1. The lowest BCUT2D eigenvalue weighted by Gasteiger charge is -2.30. The minimum atomic E-state index is -4.53. The predicted molar refractivity (Wildman–Crippen MR) is 245 cm³/mol. The number of fused-ring (bicyclic) bond motifs is 2. The number of ether oxygens (including phenoxy) is 1. The van der Waals surface area contributed by atoms with Gasteiger partial charge in [-0.15, -0.1) is 8.67 Å². The van der Waals surface area contributed by atoms with Crippen molar-refractivity contribution < 1.29 is 76.1 Å². The van der Waals surface area contributed by atoms with Crippen LogP contribution in [0.4, 0.5) is 11.4 Å². The lowest BCUT2D eigenvalue weighted by molar-refractivity contribution is -0.438. The summed E-state index contributed by atoms with van der Waals surface area (Å²) in [4.78, 5) is 36.9. The number of carbonyl (C=O) groups is 3. The van der Waals surface area contributed by atoms with Crippen molar-refractivity contribution in [2.75, 3.05) is 30.9 Å². The van der Waals surface area contributed by atoms with Crippen LogP contribution in [0.5, 0.6) is 0 Å². The Morgan fingerprint density at radius 3 is 2.08 bits per heavy atom. The molecule has 2 heterocycles. The van der Waals surface area contributed by atoms with Crippen molar-refractivity contribution in [3.63, 3.8) is 0 Å². The second kappa shape index (κ2) is 26.3. The molecule has 0 aliphatic carbocycles. The summed E-state index contributed by atoms with van der Waals surface area (Å²) in [6.07, 6.45) is 18.2. The lowest BCUT2D eigenvalue weighted by Crippen LogP contribution is -2.31. The first-order valence-corrected chi connectivity index (χ1v) is 24.7. The van der Waals surface area contributed by atoms with Gasteiger partial charge < -0.3 is 19.8 Å². The van der Waals surface area contributed by atoms with Gasteiger partial charge in [0, 0.05) is 89.4 Å². The van der Waals surface area contributed by atoms with Crippen molar-refractivity contribution in [3.05, 3.63) is 83.6 Å². The maximum atomic E-state index is 12.4. The van der Waals surface area contributed by atoms with Crippen molar-refractivity contribution in [3.8, 4) is 0 Å². The summed E-state index contributed by atoms with van der Waals surface area (Å²) in [7, 11) is -3.16. The molecule has 2 aliphatic heterocycles. The Hall–Kier alpha value is -4.09. The van der Waals surface area contributed by atoms with Crippen LogP contribution in [-0.2, 0) is 58.8 Å². The average Bonchev–Trinajstić information content (AvgIpc) is 3.63. The molecule has 0 aromatic heterocycles. The smallest absolute Gasteiger partial charge is 0.305 e. The molecule has 0 saturated heterocycles. The average molecular weight is 966 g/mol. The van der Waals surface area contributed by atoms with Crippen molar-refractivity contribution in [1.29, 1.82) is 0 Å². The minimum absolute atomic E-state index is 0.0370. The highest BCUT2D eigenvalue weighted by Gasteiger charge is 2.47. The van der Waals surface area contributed by atoms with Crippen LogP contribution in [0.2, 0.25) is 0 Å². The van der Waals surface area contributed by atoms with Gasteiger partial charge in [0.15, 0.2) is 5.71 Å². The first-order chi connectivity index (χ1) is 31.1. The molecule has 17 nitrogen and oxygen atoms in total. The molecule has 0 saturated carbocycles. The summed E-state index contributed by atoms with van der Waals surface area (Å²) in [6, 6.07) is 10.4. The van der Waals surface area contributed by atoms with Crippen LogP contribution in [0, 0.1) is 0 Å². The Morgan fingerprint density at radius 2 is 1.43 bits per heavy atom. The highest BCUT2D eigenvalue weighted by molar-refractivity contribution is 7.94. The van der Waals surface area contributed by atoms with Crippen molar-refractivity contribution >= 4 is 69.2 Å². The van der Waals surface area contributed by atoms with E-state index in [1.807, 2.05) is 49.4 Å². The van der Waals surface area contributed by atoms with Crippen LogP contribution in [0.3, 0.4) is 0 Å². The van der Waals surface area contributed by atoms with Crippen molar-refractivity contribution in [2.24, 2.45) is 0 Å². The summed E-state index contributed by atoms with van der Waals surface area (Å²) >= 11 is 1.80. The molecule has 0 amide bonds. The second-order valence-corrected chi connectivity index (χ2v) is 19.3. The molecule has 4 rings (SSSR count). The van der Waals surface area contributed by atoms with Crippen molar-refractivity contribution in [2.45, 2.75) is 131 Å². The Kier molecular flexibility index (Phi) is 21.7. The third-order valence-electron chi connectivity index (χ3n) is 11.9. The van der Waals surface area contributed by atoms with Crippen LogP contribution >= 0.6 is 24.1 Å². The van der Waals surface area contributed by atoms with Crippen molar-refractivity contribution in [1.82, 2.24) is 0 Å². The Morgan fingerprint density at radius 1 is 0.769 bits per heavy atom. The fourth-order valence-corrected chi connectivity index (χ4v) is 9.98. The first kappa shape index (κ1) is 53.5. The van der Waals surface area contributed by atoms with E-state index in [4.69, 9.17) is 19.6 Å². The van der Waals surface area contributed by atoms with Crippen LogP contribution in [-0.4, -0.2) is 87.8 Å². The van der Waals surface area contributed by atoms with Gasteiger partial charge in [-0.1, -0.05) is 54.0 Å². The lowest BCUT2D eigenvalue weighted by atomic mass is 9.75. The largest absolute Gasteiger partial charge is 0.481 e. The molecule has 5 N–H and O–H groups in total. The third-order valence-corrected chi connectivity index (χ3v) is 14.0. The van der Waals surface area contributed by atoms with E-state index in [1.165, 1.54) is 19.2 Å². The van der Waals surface area contributed by atoms with E-state index in [-0.39, 0.29) is 23.7 Å². The molecule has 0 fully saturated rings. The summed E-state index contributed by atoms with van der Waals surface area (Å²) < 4.78 is 51.3. The number of aliphatic carboxylic acids is 2. The number of carbonyl (C=O) groups excluding carboxylic acids is 1.